The molecule has 0 amide bonds. The molecule has 1 aromatic carbocycles. The number of hydrogen-bond acceptors (Lipinski definition) is 3. The van der Waals surface area contributed by atoms with Crippen LogP contribution in [0.1, 0.15) is 0 Å². The van der Waals surface area contributed by atoms with Crippen molar-refractivity contribution in [2.45, 2.75) is 0 Å². The highest BCUT2D eigenvalue weighted by atomic mass is 35.5. The largest absolute Gasteiger partial charge is 0.496 e. The van der Waals surface area contributed by atoms with Crippen LogP contribution in [0, 0.1) is 0 Å². The van der Waals surface area contributed by atoms with E-state index in [9.17, 15) is 4.32 Å². The minimum Gasteiger partial charge on any atom is -0.496 e. The Kier molecular flexibility index (Phi) is 2.91. The standard InChI is InChI=1S/C14H9BClFN2OS/c1-20-12-4-2-3-9-14(12)11-5-8-7-18-13(16)6-10(8)19(11)21-15(9)17/h2-7H,1H3. The number of pyridine rings is 1. The molecule has 0 saturated carbocycles. The van der Waals surface area contributed by atoms with Crippen LogP contribution in [0.4, 0.5) is 4.32 Å². The van der Waals surface area contributed by atoms with Gasteiger partial charge < -0.3 is 9.05 Å². The molecule has 3 nitrogen and oxygen atoms in total. The lowest BCUT2D eigenvalue weighted by Gasteiger charge is -2.22. The van der Waals surface area contributed by atoms with Gasteiger partial charge in [0.1, 0.15) is 10.9 Å². The Hall–Kier alpha value is -1.66. The average Bonchev–Trinajstić information content (AvgIpc) is 2.85. The third-order valence-corrected chi connectivity index (χ3v) is 4.84. The van der Waals surface area contributed by atoms with Crippen LogP contribution in [-0.4, -0.2) is 22.3 Å². The Morgan fingerprint density at radius 3 is 3.05 bits per heavy atom. The predicted molar refractivity (Wildman–Crippen MR) is 86.2 cm³/mol. The molecule has 3 aromatic rings. The fraction of sp³-hybridized carbons (Fsp3) is 0.0714. The van der Waals surface area contributed by atoms with E-state index in [0.717, 1.165) is 34.0 Å². The highest BCUT2D eigenvalue weighted by molar-refractivity contribution is 8.25. The van der Waals surface area contributed by atoms with Crippen LogP contribution in [0.3, 0.4) is 0 Å². The second kappa shape index (κ2) is 4.68. The van der Waals surface area contributed by atoms with Crippen LogP contribution < -0.4 is 10.2 Å². The zero-order valence-corrected chi connectivity index (χ0v) is 12.6. The maximum absolute atomic E-state index is 14.5. The first-order chi connectivity index (χ1) is 10.2. The Morgan fingerprint density at radius 1 is 1.38 bits per heavy atom. The minimum atomic E-state index is -1.15. The molecule has 0 unspecified atom stereocenters. The summed E-state index contributed by atoms with van der Waals surface area (Å²) in [5, 5.41) is 1.32. The molecule has 3 heterocycles. The van der Waals surface area contributed by atoms with Crippen molar-refractivity contribution in [3.63, 3.8) is 0 Å². The van der Waals surface area contributed by atoms with Gasteiger partial charge in [-0.1, -0.05) is 23.7 Å². The lowest BCUT2D eigenvalue weighted by atomic mass is 9.83. The molecule has 0 spiro atoms. The van der Waals surface area contributed by atoms with E-state index in [1.165, 1.54) is 0 Å². The second-order valence-electron chi connectivity index (χ2n) is 4.74. The number of rotatable bonds is 1. The van der Waals surface area contributed by atoms with Crippen molar-refractivity contribution in [1.82, 2.24) is 8.96 Å². The van der Waals surface area contributed by atoms with Crippen molar-refractivity contribution < 1.29 is 9.05 Å². The molecule has 2 aromatic heterocycles. The Bertz CT molecular complexity index is 870. The molecule has 0 saturated heterocycles. The number of methoxy groups -OCH3 is 1. The van der Waals surface area contributed by atoms with E-state index >= 15 is 0 Å². The Balaban J connectivity index is 2.09. The maximum atomic E-state index is 14.5. The number of aromatic nitrogens is 2. The number of fused-ring (bicyclic) bond motifs is 5. The predicted octanol–water partition coefficient (Wildman–Crippen LogP) is 3.54. The lowest BCUT2D eigenvalue weighted by Crippen LogP contribution is -2.30. The molecule has 0 aliphatic carbocycles. The zero-order valence-electron chi connectivity index (χ0n) is 11.0. The molecule has 0 fully saturated rings. The molecule has 1 aliphatic rings. The third kappa shape index (κ3) is 1.86. The molecule has 7 heteroatoms. The van der Waals surface area contributed by atoms with Gasteiger partial charge in [-0.15, -0.1) is 0 Å². The van der Waals surface area contributed by atoms with Gasteiger partial charge in [-0.3, -0.25) is 3.97 Å². The second-order valence-corrected chi connectivity index (χ2v) is 6.11. The van der Waals surface area contributed by atoms with E-state index in [4.69, 9.17) is 16.3 Å². The summed E-state index contributed by atoms with van der Waals surface area (Å²) in [6.07, 6.45) is 0.552. The van der Waals surface area contributed by atoms with E-state index in [0.29, 0.717) is 16.4 Å². The number of hydrogen-bond donors (Lipinski definition) is 0. The molecule has 0 bridgehead atoms. The molecular formula is C14H9BClFN2OS. The molecule has 0 radical (unpaired) electrons. The summed E-state index contributed by atoms with van der Waals surface area (Å²) in [5.74, 6) is 0.665. The normalized spacial score (nSPS) is 13.2. The van der Waals surface area contributed by atoms with Crippen LogP contribution in [0.2, 0.25) is 5.15 Å². The highest BCUT2D eigenvalue weighted by Gasteiger charge is 2.33. The Morgan fingerprint density at radius 2 is 2.24 bits per heavy atom. The minimum absolute atomic E-state index is 0.394. The number of nitrogens with zero attached hydrogens (tertiary/aromatic N) is 2. The van der Waals surface area contributed by atoms with Gasteiger partial charge in [0.15, 0.2) is 0 Å². The van der Waals surface area contributed by atoms with Crippen molar-refractivity contribution >= 4 is 46.0 Å². The molecule has 21 heavy (non-hydrogen) atoms. The molecule has 0 atom stereocenters. The van der Waals surface area contributed by atoms with Crippen molar-refractivity contribution in [3.8, 4) is 17.0 Å². The fourth-order valence-corrected chi connectivity index (χ4v) is 3.85. The van der Waals surface area contributed by atoms with E-state index < -0.39 is 6.27 Å². The van der Waals surface area contributed by atoms with E-state index in [1.807, 2.05) is 22.2 Å². The highest BCUT2D eigenvalue weighted by Crippen LogP contribution is 2.40. The number of benzene rings is 1. The summed E-state index contributed by atoms with van der Waals surface area (Å²) < 4.78 is 21.8. The van der Waals surface area contributed by atoms with Crippen LogP contribution in [0.15, 0.2) is 36.5 Å². The van der Waals surface area contributed by atoms with Gasteiger partial charge in [0, 0.05) is 23.2 Å². The summed E-state index contributed by atoms with van der Waals surface area (Å²) in [6.45, 7) is 0. The van der Waals surface area contributed by atoms with Gasteiger partial charge >= 0.3 is 6.27 Å². The van der Waals surface area contributed by atoms with E-state index in [-0.39, 0.29) is 0 Å². The first-order valence-corrected chi connectivity index (χ1v) is 7.56. The topological polar surface area (TPSA) is 27.1 Å². The smallest absolute Gasteiger partial charge is 0.466 e. The van der Waals surface area contributed by atoms with Gasteiger partial charge in [0.2, 0.25) is 0 Å². The molecule has 0 N–H and O–H groups in total. The van der Waals surface area contributed by atoms with Crippen molar-refractivity contribution in [2.24, 2.45) is 0 Å². The number of halogens is 2. The van der Waals surface area contributed by atoms with Gasteiger partial charge in [-0.25, -0.2) is 4.98 Å². The van der Waals surface area contributed by atoms with E-state index in [1.54, 1.807) is 25.4 Å². The van der Waals surface area contributed by atoms with Crippen LogP contribution in [0.25, 0.3) is 22.2 Å². The summed E-state index contributed by atoms with van der Waals surface area (Å²) in [6, 6.07) is 9.18. The van der Waals surface area contributed by atoms with Crippen LogP contribution in [0.5, 0.6) is 5.75 Å². The summed E-state index contributed by atoms with van der Waals surface area (Å²) >= 11 is 7.09. The molecule has 4 rings (SSSR count). The maximum Gasteiger partial charge on any atom is 0.466 e. The lowest BCUT2D eigenvalue weighted by molar-refractivity contribution is 0.416. The van der Waals surface area contributed by atoms with Crippen LogP contribution in [-0.2, 0) is 0 Å². The number of ether oxygens (including phenoxy) is 1. The summed E-state index contributed by atoms with van der Waals surface area (Å²) in [5.41, 5.74) is 3.18. The van der Waals surface area contributed by atoms with Crippen LogP contribution >= 0.6 is 23.4 Å². The van der Waals surface area contributed by atoms with E-state index in [2.05, 4.69) is 4.98 Å². The van der Waals surface area contributed by atoms with Gasteiger partial charge in [0.05, 0.1) is 18.3 Å². The molecule has 104 valence electrons. The Labute approximate surface area is 130 Å². The van der Waals surface area contributed by atoms with Gasteiger partial charge in [-0.05, 0) is 29.4 Å². The quantitative estimate of drug-likeness (QED) is 0.507. The molecular weight excluding hydrogens is 309 g/mol. The van der Waals surface area contributed by atoms with Crippen molar-refractivity contribution in [2.75, 3.05) is 7.11 Å². The SMILES string of the molecule is COc1cccc2c1-c1cc3cnc(Cl)cc3n1SB2F. The molecule has 1 aliphatic heterocycles. The monoisotopic (exact) mass is 318 g/mol. The van der Waals surface area contributed by atoms with Crippen molar-refractivity contribution in [3.05, 3.63) is 41.7 Å². The first kappa shape index (κ1) is 13.0. The average molecular weight is 319 g/mol. The summed E-state index contributed by atoms with van der Waals surface area (Å²) in [7, 11) is 1.59. The zero-order chi connectivity index (χ0) is 14.6. The summed E-state index contributed by atoms with van der Waals surface area (Å²) in [4.78, 5) is 4.09. The third-order valence-electron chi connectivity index (χ3n) is 3.59. The van der Waals surface area contributed by atoms with Gasteiger partial charge in [-0.2, -0.15) is 0 Å². The fourth-order valence-electron chi connectivity index (χ4n) is 2.67. The van der Waals surface area contributed by atoms with Crippen molar-refractivity contribution in [1.29, 1.82) is 0 Å². The van der Waals surface area contributed by atoms with Gasteiger partial charge in [0.25, 0.3) is 0 Å². The first-order valence-electron chi connectivity index (χ1n) is 6.34.